The van der Waals surface area contributed by atoms with Gasteiger partial charge in [0.15, 0.2) is 11.0 Å². The lowest BCUT2D eigenvalue weighted by Gasteiger charge is -2.12. The van der Waals surface area contributed by atoms with Gasteiger partial charge in [0.1, 0.15) is 0 Å². The normalized spacial score (nSPS) is 11.6. The summed E-state index contributed by atoms with van der Waals surface area (Å²) in [5.74, 6) is 0.237. The Bertz CT molecular complexity index is 687. The monoisotopic (exact) mass is 335 g/mol. The first-order valence-electron chi connectivity index (χ1n) is 5.83. The average Bonchev–Trinajstić information content (AvgIpc) is 2.36. The third-order valence-corrected chi connectivity index (χ3v) is 3.39. The molecular formula is C13H10Cl2F3N3. The standard InChI is InChI=1S/C13H10Cl2F3N3/c1-6-7(2)20-12(11(15)19-6)21-10-4-3-8(5-9(10)14)13(16,17)18/h3-5H,1-2H3,(H,20,21). The molecule has 8 heteroatoms. The van der Waals surface area contributed by atoms with Crippen molar-refractivity contribution >= 4 is 34.7 Å². The lowest BCUT2D eigenvalue weighted by Crippen LogP contribution is -2.06. The topological polar surface area (TPSA) is 37.8 Å². The molecule has 112 valence electrons. The number of benzene rings is 1. The highest BCUT2D eigenvalue weighted by atomic mass is 35.5. The van der Waals surface area contributed by atoms with Crippen LogP contribution in [-0.2, 0) is 6.18 Å². The average molecular weight is 336 g/mol. The summed E-state index contributed by atoms with van der Waals surface area (Å²) in [6.45, 7) is 3.50. The largest absolute Gasteiger partial charge is 0.416 e. The number of aryl methyl sites for hydroxylation is 2. The molecule has 0 spiro atoms. The maximum Gasteiger partial charge on any atom is 0.416 e. The molecule has 0 unspecified atom stereocenters. The number of hydrogen-bond donors (Lipinski definition) is 1. The Morgan fingerprint density at radius 3 is 2.24 bits per heavy atom. The van der Waals surface area contributed by atoms with Crippen LogP contribution in [0.3, 0.4) is 0 Å². The van der Waals surface area contributed by atoms with Gasteiger partial charge in [0.25, 0.3) is 0 Å². The lowest BCUT2D eigenvalue weighted by molar-refractivity contribution is -0.137. The Balaban J connectivity index is 2.35. The molecule has 1 N–H and O–H groups in total. The van der Waals surface area contributed by atoms with E-state index in [0.717, 1.165) is 12.1 Å². The fourth-order valence-corrected chi connectivity index (χ4v) is 2.02. The molecule has 0 aliphatic heterocycles. The van der Waals surface area contributed by atoms with Gasteiger partial charge in [-0.3, -0.25) is 0 Å². The van der Waals surface area contributed by atoms with Crippen LogP contribution in [0.5, 0.6) is 0 Å². The second-order valence-electron chi connectivity index (χ2n) is 4.35. The SMILES string of the molecule is Cc1nc(Cl)c(Nc2ccc(C(F)(F)F)cc2Cl)nc1C. The summed E-state index contributed by atoms with van der Waals surface area (Å²) in [5.41, 5.74) is 0.772. The summed E-state index contributed by atoms with van der Waals surface area (Å²) in [6, 6.07) is 2.99. The van der Waals surface area contributed by atoms with Crippen LogP contribution in [0.4, 0.5) is 24.7 Å². The van der Waals surface area contributed by atoms with Crippen molar-refractivity contribution in [3.05, 3.63) is 45.3 Å². The molecule has 0 fully saturated rings. The first-order chi connectivity index (χ1) is 9.68. The van der Waals surface area contributed by atoms with E-state index in [1.807, 2.05) is 0 Å². The molecule has 21 heavy (non-hydrogen) atoms. The quantitative estimate of drug-likeness (QED) is 0.823. The van der Waals surface area contributed by atoms with Gasteiger partial charge >= 0.3 is 6.18 Å². The van der Waals surface area contributed by atoms with E-state index >= 15 is 0 Å². The van der Waals surface area contributed by atoms with Crippen LogP contribution in [0.1, 0.15) is 17.0 Å². The molecule has 1 aromatic carbocycles. The Labute approximate surface area is 129 Å². The Hall–Kier alpha value is -1.53. The molecule has 0 saturated carbocycles. The minimum absolute atomic E-state index is 0.0825. The van der Waals surface area contributed by atoms with Gasteiger partial charge in [-0.1, -0.05) is 23.2 Å². The van der Waals surface area contributed by atoms with Crippen LogP contribution in [0.2, 0.25) is 10.2 Å². The molecule has 2 rings (SSSR count). The molecule has 0 radical (unpaired) electrons. The van der Waals surface area contributed by atoms with E-state index in [2.05, 4.69) is 15.3 Å². The maximum absolute atomic E-state index is 12.6. The van der Waals surface area contributed by atoms with Crippen molar-refractivity contribution in [1.29, 1.82) is 0 Å². The first kappa shape index (κ1) is 15.9. The van der Waals surface area contributed by atoms with Crippen molar-refractivity contribution in [2.24, 2.45) is 0 Å². The van der Waals surface area contributed by atoms with Gasteiger partial charge in [-0.15, -0.1) is 0 Å². The van der Waals surface area contributed by atoms with Crippen molar-refractivity contribution in [2.45, 2.75) is 20.0 Å². The summed E-state index contributed by atoms with van der Waals surface area (Å²) in [5, 5.41) is 2.82. The Kier molecular flexibility index (Phi) is 4.30. The van der Waals surface area contributed by atoms with Crippen molar-refractivity contribution in [2.75, 3.05) is 5.32 Å². The van der Waals surface area contributed by atoms with E-state index < -0.39 is 11.7 Å². The smallest absolute Gasteiger partial charge is 0.336 e. The minimum Gasteiger partial charge on any atom is -0.336 e. The number of nitrogens with one attached hydrogen (secondary N) is 1. The molecule has 0 bridgehead atoms. The predicted molar refractivity (Wildman–Crippen MR) is 76.3 cm³/mol. The summed E-state index contributed by atoms with van der Waals surface area (Å²) < 4.78 is 37.7. The highest BCUT2D eigenvalue weighted by molar-refractivity contribution is 6.34. The zero-order valence-electron chi connectivity index (χ0n) is 11.0. The van der Waals surface area contributed by atoms with Crippen molar-refractivity contribution in [3.63, 3.8) is 0 Å². The third-order valence-electron chi connectivity index (χ3n) is 2.81. The molecule has 2 aromatic rings. The highest BCUT2D eigenvalue weighted by Gasteiger charge is 2.30. The molecule has 0 saturated heterocycles. The Morgan fingerprint density at radius 2 is 1.67 bits per heavy atom. The van der Waals surface area contributed by atoms with Gasteiger partial charge < -0.3 is 5.32 Å². The minimum atomic E-state index is -4.44. The molecule has 1 aromatic heterocycles. The lowest BCUT2D eigenvalue weighted by atomic mass is 10.2. The zero-order chi connectivity index (χ0) is 15.8. The van der Waals surface area contributed by atoms with E-state index in [4.69, 9.17) is 23.2 Å². The summed E-state index contributed by atoms with van der Waals surface area (Å²) in [4.78, 5) is 8.27. The molecular weight excluding hydrogens is 326 g/mol. The third kappa shape index (κ3) is 3.57. The fraction of sp³-hybridized carbons (Fsp3) is 0.231. The zero-order valence-corrected chi connectivity index (χ0v) is 12.5. The van der Waals surface area contributed by atoms with Gasteiger partial charge in [-0.25, -0.2) is 9.97 Å². The fourth-order valence-electron chi connectivity index (χ4n) is 1.58. The molecule has 3 nitrogen and oxygen atoms in total. The number of anilines is 2. The molecule has 0 atom stereocenters. The van der Waals surface area contributed by atoms with Crippen molar-refractivity contribution < 1.29 is 13.2 Å². The van der Waals surface area contributed by atoms with Crippen LogP contribution in [0, 0.1) is 13.8 Å². The van der Waals surface area contributed by atoms with Gasteiger partial charge in [-0.2, -0.15) is 13.2 Å². The Morgan fingerprint density at radius 1 is 1.05 bits per heavy atom. The van der Waals surface area contributed by atoms with Crippen LogP contribution in [-0.4, -0.2) is 9.97 Å². The number of rotatable bonds is 2. The van der Waals surface area contributed by atoms with Crippen LogP contribution in [0.25, 0.3) is 0 Å². The van der Waals surface area contributed by atoms with E-state index in [1.165, 1.54) is 6.07 Å². The van der Waals surface area contributed by atoms with E-state index in [-0.39, 0.29) is 21.7 Å². The number of halogens is 5. The van der Waals surface area contributed by atoms with E-state index in [1.54, 1.807) is 13.8 Å². The highest BCUT2D eigenvalue weighted by Crippen LogP contribution is 2.35. The van der Waals surface area contributed by atoms with E-state index in [0.29, 0.717) is 11.4 Å². The number of nitrogens with zero attached hydrogens (tertiary/aromatic N) is 2. The second-order valence-corrected chi connectivity index (χ2v) is 5.12. The van der Waals surface area contributed by atoms with Crippen molar-refractivity contribution in [3.8, 4) is 0 Å². The number of alkyl halides is 3. The van der Waals surface area contributed by atoms with Crippen molar-refractivity contribution in [1.82, 2.24) is 9.97 Å². The van der Waals surface area contributed by atoms with Crippen LogP contribution >= 0.6 is 23.2 Å². The molecule has 0 aliphatic carbocycles. The predicted octanol–water partition coefficient (Wildman–Crippen LogP) is 5.16. The van der Waals surface area contributed by atoms with Gasteiger partial charge in [0.2, 0.25) is 0 Å². The molecule has 1 heterocycles. The first-order valence-corrected chi connectivity index (χ1v) is 6.58. The van der Waals surface area contributed by atoms with Gasteiger partial charge in [-0.05, 0) is 32.0 Å². The summed E-state index contributed by atoms with van der Waals surface area (Å²) in [7, 11) is 0. The summed E-state index contributed by atoms with van der Waals surface area (Å²) >= 11 is 11.8. The maximum atomic E-state index is 12.6. The van der Waals surface area contributed by atoms with Gasteiger partial charge in [0.05, 0.1) is 27.7 Å². The van der Waals surface area contributed by atoms with Gasteiger partial charge in [0, 0.05) is 0 Å². The van der Waals surface area contributed by atoms with Crippen LogP contribution < -0.4 is 5.32 Å². The van der Waals surface area contributed by atoms with E-state index in [9.17, 15) is 13.2 Å². The number of aromatic nitrogens is 2. The molecule has 0 aliphatic rings. The van der Waals surface area contributed by atoms with Crippen LogP contribution in [0.15, 0.2) is 18.2 Å². The second kappa shape index (κ2) is 5.69. The number of hydrogen-bond acceptors (Lipinski definition) is 3. The summed E-state index contributed by atoms with van der Waals surface area (Å²) in [6.07, 6.45) is -4.44. The molecule has 0 amide bonds.